The van der Waals surface area contributed by atoms with Crippen LogP contribution in [0.3, 0.4) is 0 Å². The number of methoxy groups -OCH3 is 1. The van der Waals surface area contributed by atoms with E-state index in [9.17, 15) is 9.59 Å². The van der Waals surface area contributed by atoms with Crippen LogP contribution < -0.4 is 15.4 Å². The first-order chi connectivity index (χ1) is 11.6. The second-order valence-electron chi connectivity index (χ2n) is 5.04. The van der Waals surface area contributed by atoms with Crippen LogP contribution in [-0.2, 0) is 4.79 Å². The van der Waals surface area contributed by atoms with Crippen LogP contribution in [0.2, 0.25) is 0 Å². The highest BCUT2D eigenvalue weighted by molar-refractivity contribution is 6.03. The Morgan fingerprint density at radius 2 is 1.92 bits per heavy atom. The van der Waals surface area contributed by atoms with Gasteiger partial charge in [-0.3, -0.25) is 9.59 Å². The Bertz CT molecular complexity index is 754. The van der Waals surface area contributed by atoms with Gasteiger partial charge in [0.15, 0.2) is 0 Å². The summed E-state index contributed by atoms with van der Waals surface area (Å²) in [5, 5.41) is 5.46. The van der Waals surface area contributed by atoms with Crippen molar-refractivity contribution < 1.29 is 14.3 Å². The fourth-order valence-corrected chi connectivity index (χ4v) is 2.10. The zero-order valence-corrected chi connectivity index (χ0v) is 13.7. The minimum atomic E-state index is -0.272. The van der Waals surface area contributed by atoms with Gasteiger partial charge in [0, 0.05) is 23.9 Å². The summed E-state index contributed by atoms with van der Waals surface area (Å²) in [5.74, 6) is 0.290. The van der Waals surface area contributed by atoms with Crippen molar-refractivity contribution in [1.82, 2.24) is 5.32 Å². The molecule has 2 rings (SSSR count). The molecule has 0 radical (unpaired) electrons. The van der Waals surface area contributed by atoms with Crippen LogP contribution in [0.15, 0.2) is 54.6 Å². The van der Waals surface area contributed by atoms with Crippen molar-refractivity contribution in [2.75, 3.05) is 19.0 Å². The third kappa shape index (κ3) is 4.98. The molecule has 0 aliphatic heterocycles. The predicted molar refractivity (Wildman–Crippen MR) is 95.1 cm³/mol. The number of hydrogen-bond acceptors (Lipinski definition) is 3. The number of ether oxygens (including phenoxy) is 1. The molecule has 0 spiro atoms. The zero-order valence-electron chi connectivity index (χ0n) is 13.7. The summed E-state index contributed by atoms with van der Waals surface area (Å²) in [7, 11) is 1.59. The van der Waals surface area contributed by atoms with Crippen molar-refractivity contribution in [3.05, 3.63) is 65.7 Å². The molecule has 0 saturated carbocycles. The van der Waals surface area contributed by atoms with Crippen molar-refractivity contribution in [1.29, 1.82) is 0 Å². The Labute approximate surface area is 141 Å². The minimum Gasteiger partial charge on any atom is -0.497 e. The Balaban J connectivity index is 2.02. The smallest absolute Gasteiger partial charge is 0.251 e. The molecule has 0 bridgehead atoms. The summed E-state index contributed by atoms with van der Waals surface area (Å²) in [4.78, 5) is 23.8. The summed E-state index contributed by atoms with van der Waals surface area (Å²) in [6.45, 7) is 2.41. The zero-order chi connectivity index (χ0) is 17.4. The van der Waals surface area contributed by atoms with E-state index in [-0.39, 0.29) is 11.8 Å². The van der Waals surface area contributed by atoms with Gasteiger partial charge in [0.05, 0.1) is 7.11 Å². The van der Waals surface area contributed by atoms with Gasteiger partial charge < -0.3 is 15.4 Å². The van der Waals surface area contributed by atoms with E-state index in [1.807, 2.05) is 31.2 Å². The third-order valence-electron chi connectivity index (χ3n) is 3.25. The van der Waals surface area contributed by atoms with Crippen molar-refractivity contribution in [3.63, 3.8) is 0 Å². The van der Waals surface area contributed by atoms with Crippen LogP contribution in [0.1, 0.15) is 22.8 Å². The minimum absolute atomic E-state index is 0.166. The van der Waals surface area contributed by atoms with E-state index in [0.29, 0.717) is 17.8 Å². The number of rotatable bonds is 6. The monoisotopic (exact) mass is 324 g/mol. The molecule has 2 aromatic carbocycles. The molecule has 0 aliphatic carbocycles. The van der Waals surface area contributed by atoms with E-state index < -0.39 is 0 Å². The average Bonchev–Trinajstić information content (AvgIpc) is 2.60. The Hall–Kier alpha value is -3.08. The molecule has 0 fully saturated rings. The molecule has 0 aliphatic rings. The molecule has 24 heavy (non-hydrogen) atoms. The van der Waals surface area contributed by atoms with Crippen molar-refractivity contribution >= 4 is 23.6 Å². The van der Waals surface area contributed by atoms with E-state index in [0.717, 1.165) is 11.3 Å². The number of nitrogens with one attached hydrogen (secondary N) is 2. The standard InChI is InChI=1S/C19H20N2O3/c1-3-20-19(23)15-7-5-8-16(13-15)21-18(22)11-10-14-6-4-9-17(12-14)24-2/h4-13H,3H2,1-2H3,(H,20,23)(H,21,22)/b11-10+. The lowest BCUT2D eigenvalue weighted by atomic mass is 10.2. The van der Waals surface area contributed by atoms with E-state index in [1.54, 1.807) is 37.5 Å². The number of carbonyl (C=O) groups is 2. The first kappa shape index (κ1) is 17.3. The quantitative estimate of drug-likeness (QED) is 0.802. The molecule has 0 aromatic heterocycles. The summed E-state index contributed by atoms with van der Waals surface area (Å²) in [5.41, 5.74) is 1.94. The third-order valence-corrected chi connectivity index (χ3v) is 3.25. The number of hydrogen-bond donors (Lipinski definition) is 2. The van der Waals surface area contributed by atoms with Gasteiger partial charge in [-0.1, -0.05) is 18.2 Å². The van der Waals surface area contributed by atoms with Gasteiger partial charge in [0.1, 0.15) is 5.75 Å². The van der Waals surface area contributed by atoms with E-state index in [1.165, 1.54) is 6.08 Å². The molecule has 2 N–H and O–H groups in total. The molecule has 124 valence electrons. The lowest BCUT2D eigenvalue weighted by Crippen LogP contribution is -2.22. The number of amides is 2. The molecule has 0 atom stereocenters. The molecular weight excluding hydrogens is 304 g/mol. The van der Waals surface area contributed by atoms with Gasteiger partial charge in [-0.05, 0) is 48.9 Å². The van der Waals surface area contributed by atoms with E-state index >= 15 is 0 Å². The van der Waals surface area contributed by atoms with Crippen LogP contribution in [0, 0.1) is 0 Å². The molecular formula is C19H20N2O3. The Morgan fingerprint density at radius 3 is 2.67 bits per heavy atom. The molecule has 0 unspecified atom stereocenters. The molecule has 0 saturated heterocycles. The normalized spacial score (nSPS) is 10.4. The van der Waals surface area contributed by atoms with Gasteiger partial charge in [0.2, 0.25) is 5.91 Å². The largest absolute Gasteiger partial charge is 0.497 e. The van der Waals surface area contributed by atoms with Crippen molar-refractivity contribution in [3.8, 4) is 5.75 Å². The highest BCUT2D eigenvalue weighted by Crippen LogP contribution is 2.14. The Kier molecular flexibility index (Phi) is 6.14. The maximum absolute atomic E-state index is 12.0. The number of benzene rings is 2. The number of carbonyl (C=O) groups excluding carboxylic acids is 2. The lowest BCUT2D eigenvalue weighted by molar-refractivity contribution is -0.111. The number of anilines is 1. The molecule has 0 heterocycles. The molecule has 2 amide bonds. The first-order valence-electron chi connectivity index (χ1n) is 7.63. The average molecular weight is 324 g/mol. The summed E-state index contributed by atoms with van der Waals surface area (Å²) in [6.07, 6.45) is 3.14. The summed E-state index contributed by atoms with van der Waals surface area (Å²) < 4.78 is 5.14. The highest BCUT2D eigenvalue weighted by Gasteiger charge is 2.05. The van der Waals surface area contributed by atoms with Crippen LogP contribution in [0.4, 0.5) is 5.69 Å². The second kappa shape index (κ2) is 8.53. The van der Waals surface area contributed by atoms with Gasteiger partial charge in [-0.25, -0.2) is 0 Å². The van der Waals surface area contributed by atoms with Crippen molar-refractivity contribution in [2.24, 2.45) is 0 Å². The fourth-order valence-electron chi connectivity index (χ4n) is 2.10. The Morgan fingerprint density at radius 1 is 1.12 bits per heavy atom. The highest BCUT2D eigenvalue weighted by atomic mass is 16.5. The molecule has 5 nitrogen and oxygen atoms in total. The van der Waals surface area contributed by atoms with Crippen LogP contribution >= 0.6 is 0 Å². The lowest BCUT2D eigenvalue weighted by Gasteiger charge is -2.06. The van der Waals surface area contributed by atoms with E-state index in [4.69, 9.17) is 4.74 Å². The van der Waals surface area contributed by atoms with Crippen LogP contribution in [0.5, 0.6) is 5.75 Å². The maximum Gasteiger partial charge on any atom is 0.251 e. The summed E-state index contributed by atoms with van der Waals surface area (Å²) in [6, 6.07) is 14.2. The molecule has 2 aromatic rings. The summed E-state index contributed by atoms with van der Waals surface area (Å²) >= 11 is 0. The van der Waals surface area contributed by atoms with Crippen LogP contribution in [0.25, 0.3) is 6.08 Å². The molecule has 5 heteroatoms. The topological polar surface area (TPSA) is 67.4 Å². The van der Waals surface area contributed by atoms with Gasteiger partial charge in [0.25, 0.3) is 5.91 Å². The second-order valence-corrected chi connectivity index (χ2v) is 5.04. The predicted octanol–water partition coefficient (Wildman–Crippen LogP) is 3.10. The fraction of sp³-hybridized carbons (Fsp3) is 0.158. The maximum atomic E-state index is 12.0. The van der Waals surface area contributed by atoms with Gasteiger partial charge in [-0.15, -0.1) is 0 Å². The van der Waals surface area contributed by atoms with Crippen LogP contribution in [-0.4, -0.2) is 25.5 Å². The first-order valence-corrected chi connectivity index (χ1v) is 7.63. The SMILES string of the molecule is CCNC(=O)c1cccc(NC(=O)/C=C/c2cccc(OC)c2)c1. The van der Waals surface area contributed by atoms with E-state index in [2.05, 4.69) is 10.6 Å². The van der Waals surface area contributed by atoms with Crippen molar-refractivity contribution in [2.45, 2.75) is 6.92 Å². The van der Waals surface area contributed by atoms with Gasteiger partial charge >= 0.3 is 0 Å². The van der Waals surface area contributed by atoms with Gasteiger partial charge in [-0.2, -0.15) is 0 Å².